The molecule has 22 heavy (non-hydrogen) atoms. The monoisotopic (exact) mass is 320 g/mol. The second kappa shape index (κ2) is 7.27. The van der Waals surface area contributed by atoms with Gasteiger partial charge in [0.2, 0.25) is 11.8 Å². The normalized spacial score (nSPS) is 22.2. The Kier molecular flexibility index (Phi) is 5.13. The Hall–Kier alpha value is -1.36. The lowest BCUT2D eigenvalue weighted by molar-refractivity contribution is -0.132. The number of hydrogen-bond acceptors (Lipinski definition) is 3. The molecule has 2 aliphatic rings. The van der Waals surface area contributed by atoms with E-state index in [0.717, 1.165) is 45.1 Å². The van der Waals surface area contributed by atoms with Gasteiger partial charge in [0.05, 0.1) is 6.04 Å². The van der Waals surface area contributed by atoms with Gasteiger partial charge in [-0.1, -0.05) is 12.8 Å². The summed E-state index contributed by atoms with van der Waals surface area (Å²) in [6, 6.07) is 2.35. The van der Waals surface area contributed by atoms with Gasteiger partial charge < -0.3 is 10.2 Å². The maximum Gasteiger partial charge on any atom is 0.224 e. The highest BCUT2D eigenvalue weighted by Crippen LogP contribution is 2.33. The van der Waals surface area contributed by atoms with Crippen molar-refractivity contribution in [3.63, 3.8) is 0 Å². The summed E-state index contributed by atoms with van der Waals surface area (Å²) >= 11 is 1.68. The number of amides is 2. The van der Waals surface area contributed by atoms with Crippen LogP contribution in [0.5, 0.6) is 0 Å². The quantitative estimate of drug-likeness (QED) is 0.906. The summed E-state index contributed by atoms with van der Waals surface area (Å²) in [4.78, 5) is 26.4. The van der Waals surface area contributed by atoms with E-state index in [1.807, 2.05) is 4.90 Å². The molecule has 5 heteroatoms. The van der Waals surface area contributed by atoms with Crippen molar-refractivity contribution in [2.45, 2.75) is 51.0 Å². The van der Waals surface area contributed by atoms with Gasteiger partial charge in [0.1, 0.15) is 0 Å². The zero-order valence-electron chi connectivity index (χ0n) is 12.9. The molecule has 0 unspecified atom stereocenters. The van der Waals surface area contributed by atoms with E-state index >= 15 is 0 Å². The Bertz CT molecular complexity index is 509. The molecule has 0 radical (unpaired) electrons. The van der Waals surface area contributed by atoms with Crippen LogP contribution in [0.2, 0.25) is 0 Å². The number of nitrogens with zero attached hydrogens (tertiary/aromatic N) is 1. The molecule has 2 heterocycles. The number of hydrogen-bond donors (Lipinski definition) is 1. The van der Waals surface area contributed by atoms with Crippen molar-refractivity contribution >= 4 is 23.2 Å². The van der Waals surface area contributed by atoms with E-state index in [1.165, 1.54) is 5.56 Å². The van der Waals surface area contributed by atoms with Gasteiger partial charge in [-0.3, -0.25) is 9.59 Å². The topological polar surface area (TPSA) is 49.4 Å². The molecule has 1 saturated carbocycles. The van der Waals surface area contributed by atoms with E-state index in [0.29, 0.717) is 13.0 Å². The van der Waals surface area contributed by atoms with Gasteiger partial charge in [0, 0.05) is 25.4 Å². The van der Waals surface area contributed by atoms with Gasteiger partial charge in [0.25, 0.3) is 0 Å². The highest BCUT2D eigenvalue weighted by atomic mass is 32.1. The summed E-state index contributed by atoms with van der Waals surface area (Å²) in [5, 5.41) is 7.15. The number of likely N-dealkylation sites (tertiary alicyclic amines) is 1. The van der Waals surface area contributed by atoms with Crippen LogP contribution in [0, 0.1) is 5.92 Å². The summed E-state index contributed by atoms with van der Waals surface area (Å²) < 4.78 is 0. The third kappa shape index (κ3) is 3.51. The smallest absolute Gasteiger partial charge is 0.224 e. The van der Waals surface area contributed by atoms with Crippen molar-refractivity contribution in [3.8, 4) is 0 Å². The van der Waals surface area contributed by atoms with Crippen LogP contribution in [0.25, 0.3) is 0 Å². The van der Waals surface area contributed by atoms with Gasteiger partial charge in [-0.15, -0.1) is 0 Å². The molecule has 2 amide bonds. The molecule has 3 rings (SSSR count). The Morgan fingerprint density at radius 3 is 2.77 bits per heavy atom. The van der Waals surface area contributed by atoms with E-state index in [-0.39, 0.29) is 23.8 Å². The summed E-state index contributed by atoms with van der Waals surface area (Å²) in [6.07, 6.45) is 6.87. The molecular formula is C17H24N2O2S. The number of carbonyl (C=O) groups excluding carboxylic acids is 2. The average Bonchev–Trinajstić information content (AvgIpc) is 3.26. The number of nitrogens with one attached hydrogen (secondary N) is 1. The molecule has 1 aliphatic heterocycles. The molecule has 1 aromatic heterocycles. The van der Waals surface area contributed by atoms with Gasteiger partial charge in [-0.2, -0.15) is 11.3 Å². The van der Waals surface area contributed by atoms with Crippen LogP contribution in [0.1, 0.15) is 56.6 Å². The first kappa shape index (κ1) is 15.5. The Labute approximate surface area is 135 Å². The molecular weight excluding hydrogens is 296 g/mol. The Balaban J connectivity index is 1.46. The van der Waals surface area contributed by atoms with Crippen molar-refractivity contribution in [1.82, 2.24) is 10.2 Å². The predicted octanol–water partition coefficient (Wildman–Crippen LogP) is 3.11. The highest BCUT2D eigenvalue weighted by molar-refractivity contribution is 7.07. The lowest BCUT2D eigenvalue weighted by Gasteiger charge is -2.24. The molecule has 1 aliphatic carbocycles. The van der Waals surface area contributed by atoms with Crippen LogP contribution in [0.15, 0.2) is 16.8 Å². The number of rotatable bonds is 5. The fourth-order valence-electron chi connectivity index (χ4n) is 3.64. The fraction of sp³-hybridized carbons (Fsp3) is 0.647. The molecule has 1 aromatic rings. The Morgan fingerprint density at radius 2 is 2.05 bits per heavy atom. The minimum absolute atomic E-state index is 0.140. The summed E-state index contributed by atoms with van der Waals surface area (Å²) in [5.41, 5.74) is 1.26. The first-order valence-electron chi connectivity index (χ1n) is 8.35. The van der Waals surface area contributed by atoms with Gasteiger partial charge in [-0.05, 0) is 48.1 Å². The van der Waals surface area contributed by atoms with Crippen LogP contribution in [0.3, 0.4) is 0 Å². The number of thiophene rings is 1. The molecule has 0 bridgehead atoms. The molecule has 1 atom stereocenters. The van der Waals surface area contributed by atoms with Crippen LogP contribution in [-0.4, -0.2) is 29.8 Å². The number of carbonyl (C=O) groups is 2. The van der Waals surface area contributed by atoms with E-state index in [4.69, 9.17) is 0 Å². The maximum atomic E-state index is 12.4. The first-order chi connectivity index (χ1) is 10.8. The fourth-order valence-corrected chi connectivity index (χ4v) is 4.35. The minimum Gasteiger partial charge on any atom is -0.355 e. The summed E-state index contributed by atoms with van der Waals surface area (Å²) in [7, 11) is 0. The lowest BCUT2D eigenvalue weighted by Crippen LogP contribution is -2.35. The van der Waals surface area contributed by atoms with Crippen LogP contribution >= 0.6 is 11.3 Å². The van der Waals surface area contributed by atoms with Crippen LogP contribution < -0.4 is 5.32 Å². The zero-order chi connectivity index (χ0) is 15.4. The van der Waals surface area contributed by atoms with Crippen molar-refractivity contribution in [2.75, 3.05) is 13.1 Å². The zero-order valence-corrected chi connectivity index (χ0v) is 13.7. The van der Waals surface area contributed by atoms with Gasteiger partial charge in [0.15, 0.2) is 0 Å². The molecule has 0 spiro atoms. The van der Waals surface area contributed by atoms with Crippen molar-refractivity contribution in [2.24, 2.45) is 5.92 Å². The van der Waals surface area contributed by atoms with E-state index < -0.39 is 0 Å². The van der Waals surface area contributed by atoms with E-state index in [9.17, 15) is 9.59 Å². The summed E-state index contributed by atoms with van der Waals surface area (Å²) in [5.74, 6) is 0.488. The minimum atomic E-state index is 0.140. The molecule has 0 aromatic carbocycles. The van der Waals surface area contributed by atoms with Crippen molar-refractivity contribution in [1.29, 1.82) is 0 Å². The molecule has 2 fully saturated rings. The van der Waals surface area contributed by atoms with Crippen LogP contribution in [-0.2, 0) is 9.59 Å². The third-order valence-electron chi connectivity index (χ3n) is 4.87. The SMILES string of the molecule is O=C(NCCC(=O)N1CCC[C@H]1c1ccsc1)C1CCCC1. The van der Waals surface area contributed by atoms with E-state index in [1.54, 1.807) is 11.3 Å². The molecule has 1 saturated heterocycles. The van der Waals surface area contributed by atoms with Crippen LogP contribution in [0.4, 0.5) is 0 Å². The third-order valence-corrected chi connectivity index (χ3v) is 5.57. The standard InChI is InChI=1S/C17H24N2O2S/c20-16(7-9-18-17(21)13-4-1-2-5-13)19-10-3-6-15(19)14-8-11-22-12-14/h8,11-13,15H,1-7,9-10H2,(H,18,21)/t15-/m0/s1. The molecule has 120 valence electrons. The van der Waals surface area contributed by atoms with Crippen molar-refractivity contribution < 1.29 is 9.59 Å². The van der Waals surface area contributed by atoms with Gasteiger partial charge >= 0.3 is 0 Å². The second-order valence-corrected chi connectivity index (χ2v) is 7.10. The largest absolute Gasteiger partial charge is 0.355 e. The second-order valence-electron chi connectivity index (χ2n) is 6.32. The first-order valence-corrected chi connectivity index (χ1v) is 9.29. The molecule has 1 N–H and O–H groups in total. The lowest BCUT2D eigenvalue weighted by atomic mass is 10.1. The Morgan fingerprint density at radius 1 is 1.23 bits per heavy atom. The highest BCUT2D eigenvalue weighted by Gasteiger charge is 2.30. The predicted molar refractivity (Wildman–Crippen MR) is 87.6 cm³/mol. The van der Waals surface area contributed by atoms with E-state index in [2.05, 4.69) is 22.1 Å². The molecule has 4 nitrogen and oxygen atoms in total. The summed E-state index contributed by atoms with van der Waals surface area (Å²) in [6.45, 7) is 1.32. The van der Waals surface area contributed by atoms with Gasteiger partial charge in [-0.25, -0.2) is 0 Å². The van der Waals surface area contributed by atoms with Crippen molar-refractivity contribution in [3.05, 3.63) is 22.4 Å². The average molecular weight is 320 g/mol. The maximum absolute atomic E-state index is 12.4.